The van der Waals surface area contributed by atoms with E-state index in [1.54, 1.807) is 63.4 Å². The Morgan fingerprint density at radius 2 is 1.64 bits per heavy atom. The van der Waals surface area contributed by atoms with Crippen LogP contribution in [0.1, 0.15) is 29.8 Å². The summed E-state index contributed by atoms with van der Waals surface area (Å²) in [5, 5.41) is 2.74. The molecule has 3 amide bonds. The zero-order valence-corrected chi connectivity index (χ0v) is 16.0. The zero-order valence-electron chi connectivity index (χ0n) is 16.0. The second-order valence-corrected chi connectivity index (χ2v) is 6.24. The Kier molecular flexibility index (Phi) is 7.33. The largest absolute Gasteiger partial charge is 0.496 e. The van der Waals surface area contributed by atoms with E-state index >= 15 is 0 Å². The van der Waals surface area contributed by atoms with Crippen molar-refractivity contribution in [3.8, 4) is 5.75 Å². The van der Waals surface area contributed by atoms with Crippen molar-refractivity contribution in [1.29, 1.82) is 0 Å². The fourth-order valence-electron chi connectivity index (χ4n) is 2.19. The molecule has 0 aromatic heterocycles. The maximum Gasteiger partial charge on any atom is 0.269 e. The average Bonchev–Trinajstić information content (AvgIpc) is 2.71. The Balaban J connectivity index is 1.88. The van der Waals surface area contributed by atoms with E-state index in [0.717, 1.165) is 5.56 Å². The van der Waals surface area contributed by atoms with Gasteiger partial charge in [-0.2, -0.15) is 0 Å². The molecule has 0 atom stereocenters. The van der Waals surface area contributed by atoms with Crippen LogP contribution in [0.5, 0.6) is 5.75 Å². The summed E-state index contributed by atoms with van der Waals surface area (Å²) >= 11 is 0. The number of hydrogen-bond donors (Lipinski definition) is 3. The van der Waals surface area contributed by atoms with Gasteiger partial charge in [-0.3, -0.25) is 25.2 Å². The first-order valence-corrected chi connectivity index (χ1v) is 8.73. The number of hydrazine groups is 1. The molecule has 0 radical (unpaired) electrons. The van der Waals surface area contributed by atoms with Gasteiger partial charge in [0.25, 0.3) is 11.8 Å². The molecule has 146 valence electrons. The van der Waals surface area contributed by atoms with Gasteiger partial charge in [-0.25, -0.2) is 0 Å². The lowest BCUT2D eigenvalue weighted by molar-refractivity contribution is -0.119. The van der Waals surface area contributed by atoms with Crippen LogP contribution < -0.4 is 20.9 Å². The average molecular weight is 381 g/mol. The monoisotopic (exact) mass is 381 g/mol. The van der Waals surface area contributed by atoms with Crippen molar-refractivity contribution in [3.05, 3.63) is 65.7 Å². The van der Waals surface area contributed by atoms with Crippen molar-refractivity contribution in [2.45, 2.75) is 13.8 Å². The lowest BCUT2D eigenvalue weighted by Crippen LogP contribution is -2.40. The number of benzene rings is 2. The van der Waals surface area contributed by atoms with Crippen molar-refractivity contribution >= 4 is 29.5 Å². The lowest BCUT2D eigenvalue weighted by Gasteiger charge is -2.09. The standard InChI is InChI=1S/C21H23N3O4/c1-14(2)20(26)22-17-11-8-16(9-12-17)21(27)24-23-19(25)13-10-15-6-4-5-7-18(15)28-3/h4-14H,1-3H3,(H,22,26)(H,23,25)(H,24,27)/b13-10+. The van der Waals surface area contributed by atoms with Crippen LogP contribution in [0, 0.1) is 5.92 Å². The molecule has 0 unspecified atom stereocenters. The molecule has 0 aliphatic rings. The molecule has 0 saturated carbocycles. The van der Waals surface area contributed by atoms with E-state index < -0.39 is 11.8 Å². The molecule has 0 heterocycles. The van der Waals surface area contributed by atoms with E-state index in [1.807, 2.05) is 12.1 Å². The van der Waals surface area contributed by atoms with Crippen LogP contribution in [-0.4, -0.2) is 24.8 Å². The Bertz CT molecular complexity index is 873. The van der Waals surface area contributed by atoms with Gasteiger partial charge >= 0.3 is 0 Å². The summed E-state index contributed by atoms with van der Waals surface area (Å²) < 4.78 is 5.20. The van der Waals surface area contributed by atoms with Gasteiger partial charge in [-0.1, -0.05) is 32.0 Å². The van der Waals surface area contributed by atoms with E-state index in [-0.39, 0.29) is 11.8 Å². The quantitative estimate of drug-likeness (QED) is 0.529. The van der Waals surface area contributed by atoms with Gasteiger partial charge in [0, 0.05) is 28.8 Å². The highest BCUT2D eigenvalue weighted by molar-refractivity contribution is 5.98. The highest BCUT2D eigenvalue weighted by Crippen LogP contribution is 2.18. The molecule has 3 N–H and O–H groups in total. The SMILES string of the molecule is COc1ccccc1/C=C/C(=O)NNC(=O)c1ccc(NC(=O)C(C)C)cc1. The number of carbonyl (C=O) groups is 3. The molecule has 0 saturated heterocycles. The van der Waals surface area contributed by atoms with E-state index in [1.165, 1.54) is 6.08 Å². The number of hydrogen-bond acceptors (Lipinski definition) is 4. The molecule has 0 spiro atoms. The molecule has 0 aliphatic heterocycles. The molecule has 2 rings (SSSR count). The number of methoxy groups -OCH3 is 1. The summed E-state index contributed by atoms with van der Waals surface area (Å²) in [7, 11) is 1.55. The van der Waals surface area contributed by atoms with Gasteiger partial charge in [0.15, 0.2) is 0 Å². The van der Waals surface area contributed by atoms with Gasteiger partial charge in [0.1, 0.15) is 5.75 Å². The first-order valence-electron chi connectivity index (χ1n) is 8.73. The number of ether oxygens (including phenoxy) is 1. The number of nitrogens with one attached hydrogen (secondary N) is 3. The Morgan fingerprint density at radius 3 is 2.29 bits per heavy atom. The number of rotatable bonds is 6. The molecule has 2 aromatic carbocycles. The van der Waals surface area contributed by atoms with Gasteiger partial charge in [-0.15, -0.1) is 0 Å². The predicted octanol–water partition coefficient (Wildman–Crippen LogP) is 2.76. The molecular weight excluding hydrogens is 358 g/mol. The molecule has 0 fully saturated rings. The van der Waals surface area contributed by atoms with Crippen LogP contribution >= 0.6 is 0 Å². The topological polar surface area (TPSA) is 96.5 Å². The summed E-state index contributed by atoms with van der Waals surface area (Å²) in [5.74, 6) is -0.561. The third-order valence-electron chi connectivity index (χ3n) is 3.79. The summed E-state index contributed by atoms with van der Waals surface area (Å²) in [4.78, 5) is 35.7. The second kappa shape index (κ2) is 9.91. The Morgan fingerprint density at radius 1 is 0.964 bits per heavy atom. The van der Waals surface area contributed by atoms with Crippen molar-refractivity contribution in [2.24, 2.45) is 5.92 Å². The number of anilines is 1. The number of para-hydroxylation sites is 1. The molecule has 0 bridgehead atoms. The van der Waals surface area contributed by atoms with Crippen LogP contribution in [0.25, 0.3) is 6.08 Å². The maximum absolute atomic E-state index is 12.1. The highest BCUT2D eigenvalue weighted by Gasteiger charge is 2.09. The zero-order chi connectivity index (χ0) is 20.5. The summed E-state index contributed by atoms with van der Waals surface area (Å²) in [6.07, 6.45) is 2.88. The van der Waals surface area contributed by atoms with Gasteiger partial charge in [-0.05, 0) is 36.4 Å². The Labute approximate surface area is 163 Å². The van der Waals surface area contributed by atoms with Crippen LogP contribution in [0.15, 0.2) is 54.6 Å². The Hall–Kier alpha value is -3.61. The normalized spacial score (nSPS) is 10.6. The highest BCUT2D eigenvalue weighted by atomic mass is 16.5. The van der Waals surface area contributed by atoms with Crippen LogP contribution in [0.3, 0.4) is 0 Å². The molecular formula is C21H23N3O4. The van der Waals surface area contributed by atoms with Gasteiger partial charge in [0.05, 0.1) is 7.11 Å². The first-order chi connectivity index (χ1) is 13.4. The van der Waals surface area contributed by atoms with Crippen LogP contribution in [0.4, 0.5) is 5.69 Å². The maximum atomic E-state index is 12.1. The fraction of sp³-hybridized carbons (Fsp3) is 0.190. The van der Waals surface area contributed by atoms with Crippen LogP contribution in [-0.2, 0) is 9.59 Å². The summed E-state index contributed by atoms with van der Waals surface area (Å²) in [6, 6.07) is 13.6. The second-order valence-electron chi connectivity index (χ2n) is 6.24. The van der Waals surface area contributed by atoms with E-state index in [2.05, 4.69) is 16.2 Å². The fourth-order valence-corrected chi connectivity index (χ4v) is 2.19. The molecule has 0 aliphatic carbocycles. The van der Waals surface area contributed by atoms with Crippen molar-refractivity contribution in [2.75, 3.05) is 12.4 Å². The van der Waals surface area contributed by atoms with Crippen LogP contribution in [0.2, 0.25) is 0 Å². The summed E-state index contributed by atoms with van der Waals surface area (Å²) in [5.41, 5.74) is 6.33. The molecule has 7 heteroatoms. The molecule has 2 aromatic rings. The van der Waals surface area contributed by atoms with Crippen molar-refractivity contribution < 1.29 is 19.1 Å². The molecule has 7 nitrogen and oxygen atoms in total. The van der Waals surface area contributed by atoms with Crippen molar-refractivity contribution in [3.63, 3.8) is 0 Å². The van der Waals surface area contributed by atoms with Gasteiger partial charge < -0.3 is 10.1 Å². The predicted molar refractivity (Wildman–Crippen MR) is 108 cm³/mol. The van der Waals surface area contributed by atoms with E-state index in [0.29, 0.717) is 17.0 Å². The first kappa shape index (κ1) is 20.7. The van der Waals surface area contributed by atoms with E-state index in [9.17, 15) is 14.4 Å². The van der Waals surface area contributed by atoms with Crippen molar-refractivity contribution in [1.82, 2.24) is 10.9 Å². The van der Waals surface area contributed by atoms with E-state index in [4.69, 9.17) is 4.74 Å². The molecule has 28 heavy (non-hydrogen) atoms. The minimum absolute atomic E-state index is 0.105. The summed E-state index contributed by atoms with van der Waals surface area (Å²) in [6.45, 7) is 3.59. The minimum Gasteiger partial charge on any atom is -0.496 e. The number of amides is 3. The van der Waals surface area contributed by atoms with Gasteiger partial charge in [0.2, 0.25) is 5.91 Å². The smallest absolute Gasteiger partial charge is 0.269 e. The third-order valence-corrected chi connectivity index (χ3v) is 3.79. The third kappa shape index (κ3) is 5.98. The minimum atomic E-state index is -0.486. The number of carbonyl (C=O) groups excluding carboxylic acids is 3. The lowest BCUT2D eigenvalue weighted by atomic mass is 10.1.